The normalized spacial score (nSPS) is 15.0. The standard InChI is InChI=1S/C12H23N3O/c1-4-13-7-6-12(3,16)10-11-14-8-9-15(11)5-2/h8-9,13,16H,4-7,10H2,1-3H3. The average molecular weight is 225 g/mol. The van der Waals surface area contributed by atoms with Crippen LogP contribution < -0.4 is 5.32 Å². The molecule has 0 spiro atoms. The molecule has 1 aromatic rings. The van der Waals surface area contributed by atoms with Crippen molar-refractivity contribution in [1.29, 1.82) is 0 Å². The lowest BCUT2D eigenvalue weighted by Crippen LogP contribution is -2.33. The number of hydrogen-bond acceptors (Lipinski definition) is 3. The van der Waals surface area contributed by atoms with Crippen LogP contribution in [0.1, 0.15) is 33.0 Å². The monoisotopic (exact) mass is 225 g/mol. The molecule has 4 heteroatoms. The van der Waals surface area contributed by atoms with E-state index < -0.39 is 5.60 Å². The maximum atomic E-state index is 10.2. The molecule has 0 aromatic carbocycles. The highest BCUT2D eigenvalue weighted by Crippen LogP contribution is 2.15. The number of aliphatic hydroxyl groups is 1. The summed E-state index contributed by atoms with van der Waals surface area (Å²) < 4.78 is 2.07. The minimum atomic E-state index is -0.680. The van der Waals surface area contributed by atoms with Gasteiger partial charge in [-0.2, -0.15) is 0 Å². The molecule has 1 heterocycles. The van der Waals surface area contributed by atoms with Crippen molar-refractivity contribution in [1.82, 2.24) is 14.9 Å². The molecule has 0 radical (unpaired) electrons. The molecule has 0 aliphatic rings. The summed E-state index contributed by atoms with van der Waals surface area (Å²) in [4.78, 5) is 4.28. The first-order valence-corrected chi connectivity index (χ1v) is 6.02. The van der Waals surface area contributed by atoms with Crippen molar-refractivity contribution < 1.29 is 5.11 Å². The molecule has 1 aromatic heterocycles. The van der Waals surface area contributed by atoms with E-state index in [0.717, 1.165) is 31.9 Å². The molecule has 1 atom stereocenters. The molecule has 92 valence electrons. The summed E-state index contributed by atoms with van der Waals surface area (Å²) in [7, 11) is 0. The molecule has 0 bridgehead atoms. The van der Waals surface area contributed by atoms with Crippen molar-refractivity contribution in [3.8, 4) is 0 Å². The van der Waals surface area contributed by atoms with E-state index in [1.54, 1.807) is 6.20 Å². The van der Waals surface area contributed by atoms with Gasteiger partial charge in [-0.15, -0.1) is 0 Å². The van der Waals surface area contributed by atoms with Crippen molar-refractivity contribution in [2.24, 2.45) is 0 Å². The summed E-state index contributed by atoms with van der Waals surface area (Å²) in [6.07, 6.45) is 5.10. The lowest BCUT2D eigenvalue weighted by molar-refractivity contribution is 0.0489. The predicted molar refractivity (Wildman–Crippen MR) is 65.4 cm³/mol. The van der Waals surface area contributed by atoms with Gasteiger partial charge in [-0.3, -0.25) is 0 Å². The second-order valence-corrected chi connectivity index (χ2v) is 4.41. The van der Waals surface area contributed by atoms with E-state index in [1.165, 1.54) is 0 Å². The third-order valence-electron chi connectivity index (χ3n) is 2.77. The Labute approximate surface area is 97.7 Å². The minimum absolute atomic E-state index is 0.610. The Morgan fingerprint density at radius 2 is 2.25 bits per heavy atom. The smallest absolute Gasteiger partial charge is 0.111 e. The molecule has 0 saturated carbocycles. The summed E-state index contributed by atoms with van der Waals surface area (Å²) in [5.74, 6) is 0.962. The second-order valence-electron chi connectivity index (χ2n) is 4.41. The van der Waals surface area contributed by atoms with Gasteiger partial charge in [0.05, 0.1) is 5.60 Å². The summed E-state index contributed by atoms with van der Waals surface area (Å²) in [5.41, 5.74) is -0.680. The van der Waals surface area contributed by atoms with Crippen LogP contribution in [0, 0.1) is 0 Å². The lowest BCUT2D eigenvalue weighted by atomic mass is 9.97. The fourth-order valence-electron chi connectivity index (χ4n) is 1.76. The van der Waals surface area contributed by atoms with Gasteiger partial charge in [-0.05, 0) is 33.4 Å². The van der Waals surface area contributed by atoms with Crippen molar-refractivity contribution in [2.75, 3.05) is 13.1 Å². The zero-order valence-electron chi connectivity index (χ0n) is 10.5. The van der Waals surface area contributed by atoms with Gasteiger partial charge in [-0.1, -0.05) is 6.92 Å². The highest BCUT2D eigenvalue weighted by molar-refractivity contribution is 4.97. The van der Waals surface area contributed by atoms with Gasteiger partial charge >= 0.3 is 0 Å². The Hall–Kier alpha value is -0.870. The van der Waals surface area contributed by atoms with Gasteiger partial charge in [0.2, 0.25) is 0 Å². The first-order chi connectivity index (χ1) is 7.59. The molecular weight excluding hydrogens is 202 g/mol. The largest absolute Gasteiger partial charge is 0.390 e. The summed E-state index contributed by atoms with van der Waals surface area (Å²) in [6.45, 7) is 8.71. The van der Waals surface area contributed by atoms with Crippen LogP contribution in [0.2, 0.25) is 0 Å². The Morgan fingerprint density at radius 3 is 2.88 bits per heavy atom. The lowest BCUT2D eigenvalue weighted by Gasteiger charge is -2.23. The van der Waals surface area contributed by atoms with Crippen LogP contribution in [0.3, 0.4) is 0 Å². The Bertz CT molecular complexity index is 307. The third-order valence-corrected chi connectivity index (χ3v) is 2.77. The fraction of sp³-hybridized carbons (Fsp3) is 0.750. The number of nitrogens with zero attached hydrogens (tertiary/aromatic N) is 2. The summed E-state index contributed by atoms with van der Waals surface area (Å²) in [5, 5.41) is 13.5. The molecule has 0 amide bonds. The Kier molecular flexibility index (Phi) is 4.96. The van der Waals surface area contributed by atoms with Crippen molar-refractivity contribution in [3.05, 3.63) is 18.2 Å². The summed E-state index contributed by atoms with van der Waals surface area (Å²) in [6, 6.07) is 0. The maximum Gasteiger partial charge on any atom is 0.111 e. The van der Waals surface area contributed by atoms with Crippen LogP contribution in [0.5, 0.6) is 0 Å². The molecule has 0 fully saturated rings. The third kappa shape index (κ3) is 3.94. The van der Waals surface area contributed by atoms with Crippen molar-refractivity contribution in [3.63, 3.8) is 0 Å². The maximum absolute atomic E-state index is 10.2. The highest BCUT2D eigenvalue weighted by atomic mass is 16.3. The molecule has 1 unspecified atom stereocenters. The second kappa shape index (κ2) is 6.01. The molecule has 2 N–H and O–H groups in total. The number of nitrogens with one attached hydrogen (secondary N) is 1. The van der Waals surface area contributed by atoms with Crippen LogP contribution in [0.4, 0.5) is 0 Å². The molecular formula is C12H23N3O. The van der Waals surface area contributed by atoms with E-state index in [4.69, 9.17) is 0 Å². The fourth-order valence-corrected chi connectivity index (χ4v) is 1.76. The molecule has 1 rings (SSSR count). The molecule has 16 heavy (non-hydrogen) atoms. The quantitative estimate of drug-likeness (QED) is 0.685. The summed E-state index contributed by atoms with van der Waals surface area (Å²) >= 11 is 0. The van der Waals surface area contributed by atoms with Crippen molar-refractivity contribution >= 4 is 0 Å². The molecule has 0 saturated heterocycles. The van der Waals surface area contributed by atoms with Crippen molar-refractivity contribution in [2.45, 2.75) is 45.8 Å². The van der Waals surface area contributed by atoms with Crippen LogP contribution in [-0.2, 0) is 13.0 Å². The zero-order chi connectivity index (χ0) is 12.0. The SMILES string of the molecule is CCNCCC(C)(O)Cc1nccn1CC. The first-order valence-electron chi connectivity index (χ1n) is 6.02. The minimum Gasteiger partial charge on any atom is -0.390 e. The Balaban J connectivity index is 2.51. The van der Waals surface area contributed by atoms with E-state index in [1.807, 2.05) is 13.1 Å². The van der Waals surface area contributed by atoms with E-state index in [2.05, 4.69) is 28.7 Å². The van der Waals surface area contributed by atoms with Gasteiger partial charge in [0.25, 0.3) is 0 Å². The molecule has 4 nitrogen and oxygen atoms in total. The van der Waals surface area contributed by atoms with Gasteiger partial charge in [0, 0.05) is 25.4 Å². The van der Waals surface area contributed by atoms with E-state index in [9.17, 15) is 5.11 Å². The highest BCUT2D eigenvalue weighted by Gasteiger charge is 2.22. The predicted octanol–water partition coefficient (Wildman–Crippen LogP) is 1.20. The van der Waals surface area contributed by atoms with Gasteiger partial charge in [0.1, 0.15) is 5.82 Å². The van der Waals surface area contributed by atoms with E-state index in [0.29, 0.717) is 6.42 Å². The average Bonchev–Trinajstić information content (AvgIpc) is 2.64. The van der Waals surface area contributed by atoms with Gasteiger partial charge < -0.3 is 15.0 Å². The van der Waals surface area contributed by atoms with Crippen LogP contribution in [0.15, 0.2) is 12.4 Å². The number of aromatic nitrogens is 2. The number of imidazole rings is 1. The van der Waals surface area contributed by atoms with Gasteiger partial charge in [-0.25, -0.2) is 4.98 Å². The number of aryl methyl sites for hydroxylation is 1. The van der Waals surface area contributed by atoms with Crippen LogP contribution in [0.25, 0.3) is 0 Å². The number of rotatable bonds is 7. The van der Waals surface area contributed by atoms with Gasteiger partial charge in [0.15, 0.2) is 0 Å². The number of hydrogen-bond donors (Lipinski definition) is 2. The topological polar surface area (TPSA) is 50.1 Å². The first kappa shape index (κ1) is 13.2. The van der Waals surface area contributed by atoms with E-state index in [-0.39, 0.29) is 0 Å². The van der Waals surface area contributed by atoms with Crippen LogP contribution >= 0.6 is 0 Å². The Morgan fingerprint density at radius 1 is 1.50 bits per heavy atom. The molecule has 0 aliphatic heterocycles. The van der Waals surface area contributed by atoms with E-state index >= 15 is 0 Å². The molecule has 0 aliphatic carbocycles. The zero-order valence-corrected chi connectivity index (χ0v) is 10.5. The van der Waals surface area contributed by atoms with Crippen LogP contribution in [-0.4, -0.2) is 33.3 Å².